The highest BCUT2D eigenvalue weighted by Gasteiger charge is 2.48. The Bertz CT molecular complexity index is 1370. The van der Waals surface area contributed by atoms with Crippen molar-refractivity contribution in [2.45, 2.75) is 13.0 Å². The minimum Gasteiger partial charge on any atom is -0.507 e. The molecule has 0 saturated carbocycles. The van der Waals surface area contributed by atoms with Crippen molar-refractivity contribution in [3.05, 3.63) is 87.7 Å². The molecule has 2 heterocycles. The molecule has 0 radical (unpaired) electrons. The quantitative estimate of drug-likeness (QED) is 0.284. The smallest absolute Gasteiger partial charge is 0.300 e. The Morgan fingerprint density at radius 1 is 1.11 bits per heavy atom. The topological polar surface area (TPSA) is 109 Å². The van der Waals surface area contributed by atoms with Gasteiger partial charge in [0.05, 0.1) is 29.0 Å². The van der Waals surface area contributed by atoms with Gasteiger partial charge in [0.15, 0.2) is 0 Å². The van der Waals surface area contributed by atoms with E-state index < -0.39 is 23.5 Å². The largest absolute Gasteiger partial charge is 0.507 e. The third kappa shape index (κ3) is 4.58. The van der Waals surface area contributed by atoms with Crippen LogP contribution in [0.1, 0.15) is 24.2 Å². The summed E-state index contributed by atoms with van der Waals surface area (Å²) < 4.78 is 5.33. The number of hydrogen-bond acceptors (Lipinski definition) is 6. The first-order chi connectivity index (χ1) is 16.7. The third-order valence-electron chi connectivity index (χ3n) is 5.32. The maximum Gasteiger partial charge on any atom is 0.300 e. The molecule has 1 atom stereocenters. The Balaban J connectivity index is 1.97. The average Bonchev–Trinajstić information content (AvgIpc) is 3.09. The molecule has 1 saturated heterocycles. The van der Waals surface area contributed by atoms with Crippen LogP contribution < -0.4 is 15.0 Å². The van der Waals surface area contributed by atoms with E-state index in [0.29, 0.717) is 17.1 Å². The second-order valence-electron chi connectivity index (χ2n) is 7.62. The molecular weight excluding hydrogens is 493 g/mol. The summed E-state index contributed by atoms with van der Waals surface area (Å²) in [6.07, 6.45) is 1.51. The van der Waals surface area contributed by atoms with Gasteiger partial charge in [0, 0.05) is 29.5 Å². The van der Waals surface area contributed by atoms with Crippen molar-refractivity contribution >= 4 is 57.9 Å². The number of carbonyl (C=O) groups is 3. The third-order valence-corrected chi connectivity index (χ3v) is 5.82. The zero-order valence-electron chi connectivity index (χ0n) is 18.6. The van der Waals surface area contributed by atoms with Crippen molar-refractivity contribution in [3.63, 3.8) is 0 Å². The summed E-state index contributed by atoms with van der Waals surface area (Å²) in [4.78, 5) is 43.7. The maximum absolute atomic E-state index is 13.3. The second-order valence-corrected chi connectivity index (χ2v) is 8.47. The van der Waals surface area contributed by atoms with Gasteiger partial charge in [-0.25, -0.2) is 0 Å². The normalized spacial score (nSPS) is 16.9. The summed E-state index contributed by atoms with van der Waals surface area (Å²) in [5.41, 5.74) is 0.931. The molecule has 178 valence electrons. The maximum atomic E-state index is 13.3. The lowest BCUT2D eigenvalue weighted by atomic mass is 9.97. The monoisotopic (exact) mass is 511 g/mol. The highest BCUT2D eigenvalue weighted by Crippen LogP contribution is 2.44. The van der Waals surface area contributed by atoms with Crippen LogP contribution in [0.4, 0.5) is 11.4 Å². The number of carbonyl (C=O) groups excluding carboxylic acids is 3. The summed E-state index contributed by atoms with van der Waals surface area (Å²) >= 11 is 12.4. The van der Waals surface area contributed by atoms with Crippen LogP contribution in [-0.2, 0) is 14.4 Å². The standard InChI is InChI=1S/C25H19Cl2N3O5/c1-13(31)29-15-6-5-7-16(12-15)30-21(19-8-3-4-9-28-19)20(23(33)25(30)34)22(32)17-10-14(26)11-18(27)24(17)35-2/h3-12,21,32H,1-2H3,(H,29,31)/b22-20+. The fourth-order valence-electron chi connectivity index (χ4n) is 3.94. The summed E-state index contributed by atoms with van der Waals surface area (Å²) in [5.74, 6) is -2.53. The Labute approximate surface area is 210 Å². The van der Waals surface area contributed by atoms with E-state index in [1.165, 1.54) is 37.3 Å². The molecule has 1 aliphatic heterocycles. The molecule has 0 spiro atoms. The molecule has 0 aliphatic carbocycles. The van der Waals surface area contributed by atoms with Gasteiger partial charge in [-0.2, -0.15) is 0 Å². The van der Waals surface area contributed by atoms with E-state index in [2.05, 4.69) is 10.3 Å². The van der Waals surface area contributed by atoms with E-state index in [0.717, 1.165) is 0 Å². The molecule has 1 aliphatic rings. The van der Waals surface area contributed by atoms with E-state index in [4.69, 9.17) is 27.9 Å². The van der Waals surface area contributed by atoms with E-state index in [9.17, 15) is 19.5 Å². The molecule has 10 heteroatoms. The molecule has 1 aromatic heterocycles. The number of rotatable bonds is 5. The summed E-state index contributed by atoms with van der Waals surface area (Å²) in [5, 5.41) is 14.3. The van der Waals surface area contributed by atoms with Gasteiger partial charge in [0.1, 0.15) is 17.6 Å². The molecule has 0 bridgehead atoms. The first-order valence-electron chi connectivity index (χ1n) is 10.4. The van der Waals surface area contributed by atoms with Gasteiger partial charge in [-0.3, -0.25) is 24.3 Å². The van der Waals surface area contributed by atoms with Crippen LogP contribution in [0.25, 0.3) is 5.76 Å². The van der Waals surface area contributed by atoms with E-state index in [-0.39, 0.29) is 32.8 Å². The number of Topliss-reactive ketones (excluding diaryl/α,β-unsaturated/α-hetero) is 1. The van der Waals surface area contributed by atoms with Gasteiger partial charge >= 0.3 is 0 Å². The van der Waals surface area contributed by atoms with Gasteiger partial charge < -0.3 is 15.2 Å². The molecule has 2 amide bonds. The van der Waals surface area contributed by atoms with E-state index in [1.807, 2.05) is 0 Å². The van der Waals surface area contributed by atoms with Gasteiger partial charge in [-0.1, -0.05) is 35.3 Å². The number of anilines is 2. The van der Waals surface area contributed by atoms with E-state index in [1.54, 1.807) is 42.5 Å². The van der Waals surface area contributed by atoms with Crippen LogP contribution in [0, 0.1) is 0 Å². The van der Waals surface area contributed by atoms with Crippen LogP contribution in [-0.4, -0.2) is 34.8 Å². The molecule has 4 rings (SSSR count). The number of ketones is 1. The van der Waals surface area contributed by atoms with Crippen molar-refractivity contribution in [1.29, 1.82) is 0 Å². The first kappa shape index (κ1) is 24.3. The number of pyridine rings is 1. The van der Waals surface area contributed by atoms with Crippen molar-refractivity contribution in [3.8, 4) is 5.75 Å². The number of halogens is 2. The highest BCUT2D eigenvalue weighted by molar-refractivity contribution is 6.52. The van der Waals surface area contributed by atoms with Gasteiger partial charge in [0.2, 0.25) is 5.91 Å². The lowest BCUT2D eigenvalue weighted by molar-refractivity contribution is -0.132. The Hall–Kier alpha value is -3.88. The molecule has 8 nitrogen and oxygen atoms in total. The predicted molar refractivity (Wildman–Crippen MR) is 133 cm³/mol. The fourth-order valence-corrected chi connectivity index (χ4v) is 4.51. The van der Waals surface area contributed by atoms with Crippen molar-refractivity contribution < 1.29 is 24.2 Å². The summed E-state index contributed by atoms with van der Waals surface area (Å²) in [6, 6.07) is 13.2. The van der Waals surface area contributed by atoms with Crippen LogP contribution in [0.15, 0.2) is 66.4 Å². The molecule has 3 aromatic rings. The SMILES string of the molecule is COc1c(Cl)cc(Cl)cc1/C(O)=C1\C(=O)C(=O)N(c2cccc(NC(C)=O)c2)C1c1ccccn1. The predicted octanol–water partition coefficient (Wildman–Crippen LogP) is 4.98. The summed E-state index contributed by atoms with van der Waals surface area (Å²) in [7, 11) is 1.36. The zero-order valence-corrected chi connectivity index (χ0v) is 20.1. The number of ether oxygens (including phenoxy) is 1. The molecule has 2 aromatic carbocycles. The number of aromatic nitrogens is 1. The Morgan fingerprint density at radius 2 is 1.89 bits per heavy atom. The first-order valence-corrected chi connectivity index (χ1v) is 11.1. The Morgan fingerprint density at radius 3 is 2.54 bits per heavy atom. The second kappa shape index (κ2) is 9.77. The van der Waals surface area contributed by atoms with Gasteiger partial charge in [-0.15, -0.1) is 0 Å². The molecular formula is C25H19Cl2N3O5. The van der Waals surface area contributed by atoms with Gasteiger partial charge in [0.25, 0.3) is 11.7 Å². The van der Waals surface area contributed by atoms with Crippen molar-refractivity contribution in [1.82, 2.24) is 4.98 Å². The molecule has 35 heavy (non-hydrogen) atoms. The van der Waals surface area contributed by atoms with Gasteiger partial charge in [-0.05, 0) is 42.5 Å². The van der Waals surface area contributed by atoms with E-state index >= 15 is 0 Å². The number of nitrogens with zero attached hydrogens (tertiary/aromatic N) is 2. The lowest BCUT2D eigenvalue weighted by Gasteiger charge is -2.25. The number of methoxy groups -OCH3 is 1. The number of benzene rings is 2. The van der Waals surface area contributed by atoms with Crippen LogP contribution in [0.3, 0.4) is 0 Å². The number of amides is 2. The van der Waals surface area contributed by atoms with Crippen LogP contribution in [0.2, 0.25) is 10.0 Å². The average molecular weight is 512 g/mol. The van der Waals surface area contributed by atoms with Crippen molar-refractivity contribution in [2.24, 2.45) is 0 Å². The fraction of sp³-hybridized carbons (Fsp3) is 0.120. The molecule has 1 fully saturated rings. The van der Waals surface area contributed by atoms with Crippen molar-refractivity contribution in [2.75, 3.05) is 17.3 Å². The number of hydrogen-bond donors (Lipinski definition) is 2. The minimum atomic E-state index is -1.08. The summed E-state index contributed by atoms with van der Waals surface area (Å²) in [6.45, 7) is 1.36. The lowest BCUT2D eigenvalue weighted by Crippen LogP contribution is -2.30. The Kier molecular flexibility index (Phi) is 6.77. The number of nitrogens with one attached hydrogen (secondary N) is 1. The molecule has 1 unspecified atom stereocenters. The molecule has 2 N–H and O–H groups in total. The van der Waals surface area contributed by atoms with Crippen LogP contribution >= 0.6 is 23.2 Å². The minimum absolute atomic E-state index is 0.0518. The number of aliphatic hydroxyl groups excluding tert-OH is 1. The zero-order chi connectivity index (χ0) is 25.3. The number of aliphatic hydroxyl groups is 1. The van der Waals surface area contributed by atoms with Crippen LogP contribution in [0.5, 0.6) is 5.75 Å². The highest BCUT2D eigenvalue weighted by atomic mass is 35.5.